The van der Waals surface area contributed by atoms with Crippen LogP contribution in [0.1, 0.15) is 43.9 Å². The molecule has 0 saturated heterocycles. The zero-order chi connectivity index (χ0) is 11.8. The summed E-state index contributed by atoms with van der Waals surface area (Å²) in [4.78, 5) is 0. The first-order valence-corrected chi connectivity index (χ1v) is 6.08. The van der Waals surface area contributed by atoms with Crippen molar-refractivity contribution < 1.29 is 5.11 Å². The van der Waals surface area contributed by atoms with E-state index in [4.69, 9.17) is 5.73 Å². The van der Waals surface area contributed by atoms with Crippen molar-refractivity contribution in [2.24, 2.45) is 11.7 Å². The third-order valence-corrected chi connectivity index (χ3v) is 3.74. The van der Waals surface area contributed by atoms with Gasteiger partial charge in [-0.15, -0.1) is 0 Å². The summed E-state index contributed by atoms with van der Waals surface area (Å²) < 4.78 is 0. The van der Waals surface area contributed by atoms with Gasteiger partial charge in [0, 0.05) is 12.0 Å². The van der Waals surface area contributed by atoms with Crippen molar-refractivity contribution in [1.29, 1.82) is 0 Å². The van der Waals surface area contributed by atoms with E-state index in [2.05, 4.69) is 12.1 Å². The van der Waals surface area contributed by atoms with Gasteiger partial charge in [0.15, 0.2) is 0 Å². The van der Waals surface area contributed by atoms with E-state index in [0.717, 1.165) is 12.1 Å². The molecule has 1 saturated carbocycles. The van der Waals surface area contributed by atoms with Crippen molar-refractivity contribution >= 4 is 0 Å². The molecule has 1 aromatic rings. The molecule has 88 valence electrons. The normalized spacial score (nSPS) is 19.8. The molecular formula is C14H21NO. The van der Waals surface area contributed by atoms with Crippen molar-refractivity contribution in [2.75, 3.05) is 6.54 Å². The van der Waals surface area contributed by atoms with Gasteiger partial charge >= 0.3 is 0 Å². The Morgan fingerprint density at radius 1 is 1.25 bits per heavy atom. The van der Waals surface area contributed by atoms with Crippen LogP contribution in [0.3, 0.4) is 0 Å². The van der Waals surface area contributed by atoms with Gasteiger partial charge in [0.25, 0.3) is 0 Å². The molecular weight excluding hydrogens is 198 g/mol. The van der Waals surface area contributed by atoms with E-state index in [1.807, 2.05) is 26.0 Å². The first-order chi connectivity index (χ1) is 7.59. The molecule has 0 spiro atoms. The Bertz CT molecular complexity index is 352. The van der Waals surface area contributed by atoms with E-state index in [1.54, 1.807) is 0 Å². The molecule has 1 aliphatic carbocycles. The van der Waals surface area contributed by atoms with E-state index in [1.165, 1.54) is 18.4 Å². The first-order valence-electron chi connectivity index (χ1n) is 6.08. The second-order valence-electron chi connectivity index (χ2n) is 5.30. The van der Waals surface area contributed by atoms with Crippen LogP contribution in [0.4, 0.5) is 0 Å². The van der Waals surface area contributed by atoms with Crippen LogP contribution in [-0.4, -0.2) is 11.7 Å². The van der Waals surface area contributed by atoms with Crippen LogP contribution in [0.15, 0.2) is 24.3 Å². The zero-order valence-electron chi connectivity index (χ0n) is 10.1. The summed E-state index contributed by atoms with van der Waals surface area (Å²) in [7, 11) is 0. The summed E-state index contributed by atoms with van der Waals surface area (Å²) in [6.07, 6.45) is 2.05. The molecule has 1 fully saturated rings. The van der Waals surface area contributed by atoms with Crippen LogP contribution in [0, 0.1) is 5.92 Å². The molecule has 0 amide bonds. The summed E-state index contributed by atoms with van der Waals surface area (Å²) >= 11 is 0. The van der Waals surface area contributed by atoms with E-state index in [0.29, 0.717) is 0 Å². The molecule has 1 aromatic carbocycles. The molecule has 0 heterocycles. The lowest BCUT2D eigenvalue weighted by Crippen LogP contribution is -2.19. The Balaban J connectivity index is 2.17. The number of aliphatic hydroxyl groups excluding tert-OH is 1. The average molecular weight is 219 g/mol. The molecule has 1 aliphatic rings. The van der Waals surface area contributed by atoms with Gasteiger partial charge in [-0.3, -0.25) is 0 Å². The Morgan fingerprint density at radius 3 is 2.19 bits per heavy atom. The molecule has 1 atom stereocenters. The first kappa shape index (κ1) is 11.6. The highest BCUT2D eigenvalue weighted by Gasteiger charge is 2.42. The molecule has 2 rings (SSSR count). The van der Waals surface area contributed by atoms with Crippen LogP contribution < -0.4 is 5.73 Å². The number of benzene rings is 1. The molecule has 1 unspecified atom stereocenters. The minimum atomic E-state index is -0.359. The van der Waals surface area contributed by atoms with Gasteiger partial charge < -0.3 is 10.8 Å². The third kappa shape index (κ3) is 2.00. The summed E-state index contributed by atoms with van der Waals surface area (Å²) in [5.74, 6) is 0.259. The lowest BCUT2D eigenvalue weighted by molar-refractivity contribution is 0.127. The highest BCUT2D eigenvalue weighted by atomic mass is 16.3. The van der Waals surface area contributed by atoms with E-state index in [-0.39, 0.29) is 17.4 Å². The quantitative estimate of drug-likeness (QED) is 0.816. The largest absolute Gasteiger partial charge is 0.388 e. The molecule has 0 aromatic heterocycles. The lowest BCUT2D eigenvalue weighted by Gasteiger charge is -2.17. The van der Waals surface area contributed by atoms with Crippen LogP contribution >= 0.6 is 0 Å². The van der Waals surface area contributed by atoms with E-state index >= 15 is 0 Å². The van der Waals surface area contributed by atoms with E-state index in [9.17, 15) is 5.11 Å². The van der Waals surface area contributed by atoms with Crippen molar-refractivity contribution in [3.63, 3.8) is 0 Å². The van der Waals surface area contributed by atoms with Gasteiger partial charge in [0.05, 0.1) is 6.10 Å². The topological polar surface area (TPSA) is 46.2 Å². The van der Waals surface area contributed by atoms with Crippen LogP contribution in [0.25, 0.3) is 0 Å². The zero-order valence-corrected chi connectivity index (χ0v) is 10.1. The Morgan fingerprint density at radius 2 is 1.81 bits per heavy atom. The number of hydrogen-bond acceptors (Lipinski definition) is 2. The van der Waals surface area contributed by atoms with E-state index < -0.39 is 0 Å². The molecule has 2 heteroatoms. The molecule has 0 aliphatic heterocycles. The SMILES string of the molecule is CC(C)C(O)c1ccc(C2(CN)CC2)cc1. The maximum Gasteiger partial charge on any atom is 0.0812 e. The standard InChI is InChI=1S/C14H21NO/c1-10(2)13(16)11-3-5-12(6-4-11)14(9-15)7-8-14/h3-6,10,13,16H,7-9,15H2,1-2H3. The van der Waals surface area contributed by atoms with Crippen molar-refractivity contribution in [2.45, 2.75) is 38.2 Å². The second kappa shape index (κ2) is 4.19. The number of hydrogen-bond donors (Lipinski definition) is 2. The number of rotatable bonds is 4. The number of nitrogens with two attached hydrogens (primary N) is 1. The van der Waals surface area contributed by atoms with Crippen molar-refractivity contribution in [3.05, 3.63) is 35.4 Å². The van der Waals surface area contributed by atoms with Crippen molar-refractivity contribution in [1.82, 2.24) is 0 Å². The third-order valence-electron chi connectivity index (χ3n) is 3.74. The minimum Gasteiger partial charge on any atom is -0.388 e. The monoisotopic (exact) mass is 219 g/mol. The second-order valence-corrected chi connectivity index (χ2v) is 5.30. The maximum atomic E-state index is 9.94. The van der Waals surface area contributed by atoms with Gasteiger partial charge in [-0.2, -0.15) is 0 Å². The van der Waals surface area contributed by atoms with Crippen molar-refractivity contribution in [3.8, 4) is 0 Å². The predicted molar refractivity (Wildman–Crippen MR) is 66.2 cm³/mol. The molecule has 2 nitrogen and oxygen atoms in total. The highest BCUT2D eigenvalue weighted by molar-refractivity contribution is 5.34. The molecule has 3 N–H and O–H groups in total. The van der Waals surface area contributed by atoms with Gasteiger partial charge in [0.1, 0.15) is 0 Å². The highest BCUT2D eigenvalue weighted by Crippen LogP contribution is 2.47. The Hall–Kier alpha value is -0.860. The predicted octanol–water partition coefficient (Wildman–Crippen LogP) is 2.37. The summed E-state index contributed by atoms with van der Waals surface area (Å²) in [6.45, 7) is 4.79. The van der Waals surface area contributed by atoms with Gasteiger partial charge in [0.2, 0.25) is 0 Å². The Kier molecular flexibility index (Phi) is 3.04. The maximum absolute atomic E-state index is 9.94. The lowest BCUT2D eigenvalue weighted by atomic mass is 9.92. The van der Waals surface area contributed by atoms with Gasteiger partial charge in [-0.1, -0.05) is 38.1 Å². The molecule has 16 heavy (non-hydrogen) atoms. The fourth-order valence-corrected chi connectivity index (χ4v) is 2.18. The molecule has 0 radical (unpaired) electrons. The summed E-state index contributed by atoms with van der Waals surface area (Å²) in [5, 5.41) is 9.94. The van der Waals surface area contributed by atoms with Gasteiger partial charge in [-0.25, -0.2) is 0 Å². The average Bonchev–Trinajstić information content (AvgIpc) is 3.09. The summed E-state index contributed by atoms with van der Waals surface area (Å²) in [6, 6.07) is 8.33. The fourth-order valence-electron chi connectivity index (χ4n) is 2.18. The van der Waals surface area contributed by atoms with Crippen LogP contribution in [-0.2, 0) is 5.41 Å². The fraction of sp³-hybridized carbons (Fsp3) is 0.571. The van der Waals surface area contributed by atoms with Crippen LogP contribution in [0.5, 0.6) is 0 Å². The smallest absolute Gasteiger partial charge is 0.0812 e. The van der Waals surface area contributed by atoms with Crippen LogP contribution in [0.2, 0.25) is 0 Å². The van der Waals surface area contributed by atoms with Gasteiger partial charge in [-0.05, 0) is 29.9 Å². The summed E-state index contributed by atoms with van der Waals surface area (Å²) in [5.41, 5.74) is 8.38. The minimum absolute atomic E-state index is 0.251. The Labute approximate surface area is 97.5 Å². The molecule has 0 bridgehead atoms. The number of aliphatic hydroxyl groups is 1.